The third kappa shape index (κ3) is 4.92. The van der Waals surface area contributed by atoms with Gasteiger partial charge in [-0.3, -0.25) is 9.69 Å². The summed E-state index contributed by atoms with van der Waals surface area (Å²) in [5.74, 6) is 1.33. The Kier molecular flexibility index (Phi) is 7.32. The number of H-pyrrole nitrogens is 1. The number of benzene rings is 2. The Hall–Kier alpha value is -2.27. The number of hydrogen-bond acceptors (Lipinski definition) is 3. The highest BCUT2D eigenvalue weighted by atomic mass is 35.5. The van der Waals surface area contributed by atoms with Gasteiger partial charge in [-0.25, -0.2) is 0 Å². The van der Waals surface area contributed by atoms with Crippen LogP contribution >= 0.6 is 23.2 Å². The number of nitrogens with one attached hydrogen (secondary N) is 1. The summed E-state index contributed by atoms with van der Waals surface area (Å²) in [6.07, 6.45) is 13.5. The number of aryl methyl sites for hydroxylation is 1. The molecule has 4 heterocycles. The van der Waals surface area contributed by atoms with Crippen LogP contribution in [0.1, 0.15) is 72.9 Å². The summed E-state index contributed by atoms with van der Waals surface area (Å²) in [5.41, 5.74) is 4.75. The molecule has 0 saturated carbocycles. The first-order valence-electron chi connectivity index (χ1n) is 14.1. The van der Waals surface area contributed by atoms with Gasteiger partial charge in [-0.1, -0.05) is 41.4 Å². The number of ketones is 1. The highest BCUT2D eigenvalue weighted by molar-refractivity contribution is 6.42. The van der Waals surface area contributed by atoms with E-state index in [4.69, 9.17) is 23.2 Å². The fourth-order valence-corrected chi connectivity index (χ4v) is 7.81. The highest BCUT2D eigenvalue weighted by Crippen LogP contribution is 2.47. The fourth-order valence-electron chi connectivity index (χ4n) is 7.51. The number of carbonyl (C=O) groups excluding carboxylic acids is 1. The number of para-hydroxylation sites is 1. The Bertz CT molecular complexity index is 1340. The number of allylic oxidation sites excluding steroid dienone is 1. The van der Waals surface area contributed by atoms with Crippen molar-refractivity contribution in [1.29, 1.82) is 0 Å². The number of nitrogens with zero attached hydrogens (tertiary/aromatic N) is 2. The van der Waals surface area contributed by atoms with Gasteiger partial charge in [0, 0.05) is 66.2 Å². The Morgan fingerprint density at radius 2 is 1.76 bits per heavy atom. The van der Waals surface area contributed by atoms with Gasteiger partial charge < -0.3 is 9.88 Å². The summed E-state index contributed by atoms with van der Waals surface area (Å²) >= 11 is 12.1. The van der Waals surface area contributed by atoms with E-state index in [0.29, 0.717) is 45.6 Å². The number of aromatic amines is 1. The quantitative estimate of drug-likeness (QED) is 0.250. The molecule has 0 radical (unpaired) electrons. The molecule has 200 valence electrons. The van der Waals surface area contributed by atoms with Crippen molar-refractivity contribution in [2.75, 3.05) is 13.1 Å². The van der Waals surface area contributed by atoms with Gasteiger partial charge in [-0.15, -0.1) is 0 Å². The predicted octanol–water partition coefficient (Wildman–Crippen LogP) is 7.99. The molecule has 3 atom stereocenters. The monoisotopic (exact) mass is 549 g/mol. The van der Waals surface area contributed by atoms with Crippen LogP contribution in [0.4, 0.5) is 0 Å². The third-order valence-corrected chi connectivity index (χ3v) is 10.3. The zero-order chi connectivity index (χ0) is 26.4. The van der Waals surface area contributed by atoms with E-state index in [9.17, 15) is 4.79 Å². The molecule has 6 rings (SSSR count). The van der Waals surface area contributed by atoms with Crippen molar-refractivity contribution in [2.45, 2.75) is 76.4 Å². The molecule has 3 unspecified atom stereocenters. The zero-order valence-corrected chi connectivity index (χ0v) is 23.8. The summed E-state index contributed by atoms with van der Waals surface area (Å²) in [6.45, 7) is 6.68. The minimum atomic E-state index is -0.0381. The van der Waals surface area contributed by atoms with Gasteiger partial charge in [0.05, 0.1) is 10.0 Å². The normalized spacial score (nSPS) is 25.5. The first kappa shape index (κ1) is 26.0. The maximum absolute atomic E-state index is 12.6. The summed E-state index contributed by atoms with van der Waals surface area (Å²) in [6, 6.07) is 13.8. The number of aromatic nitrogens is 1. The van der Waals surface area contributed by atoms with Crippen molar-refractivity contribution >= 4 is 39.9 Å². The molecular formula is C32H37Cl2N3O. The molecule has 6 heteroatoms. The molecule has 1 aromatic heterocycles. The Morgan fingerprint density at radius 1 is 1.03 bits per heavy atom. The second-order valence-corrected chi connectivity index (χ2v) is 12.5. The van der Waals surface area contributed by atoms with E-state index >= 15 is 0 Å². The molecule has 0 amide bonds. The van der Waals surface area contributed by atoms with Crippen molar-refractivity contribution in [2.24, 2.45) is 5.92 Å². The number of halogens is 2. The number of rotatable bonds is 6. The number of carbonyl (C=O) groups is 1. The van der Waals surface area contributed by atoms with Gasteiger partial charge >= 0.3 is 0 Å². The Morgan fingerprint density at radius 3 is 2.47 bits per heavy atom. The molecule has 3 aliphatic rings. The molecule has 1 N–H and O–H groups in total. The molecule has 0 aliphatic carbocycles. The van der Waals surface area contributed by atoms with E-state index in [1.165, 1.54) is 60.6 Å². The van der Waals surface area contributed by atoms with Crippen molar-refractivity contribution < 1.29 is 4.79 Å². The molecule has 4 nitrogen and oxygen atoms in total. The highest BCUT2D eigenvalue weighted by Gasteiger charge is 2.45. The van der Waals surface area contributed by atoms with Gasteiger partial charge in [-0.05, 0) is 93.5 Å². The maximum atomic E-state index is 12.6. The van der Waals surface area contributed by atoms with E-state index in [1.54, 1.807) is 24.3 Å². The smallest absolute Gasteiger partial charge is 0.187 e. The van der Waals surface area contributed by atoms with E-state index in [0.717, 1.165) is 13.1 Å². The molecule has 3 aromatic rings. The van der Waals surface area contributed by atoms with Crippen molar-refractivity contribution in [3.63, 3.8) is 0 Å². The topological polar surface area (TPSA) is 39.3 Å². The predicted molar refractivity (Wildman–Crippen MR) is 157 cm³/mol. The second-order valence-electron chi connectivity index (χ2n) is 11.7. The van der Waals surface area contributed by atoms with Gasteiger partial charge in [0.25, 0.3) is 0 Å². The minimum absolute atomic E-state index is 0.0381. The lowest BCUT2D eigenvalue weighted by molar-refractivity contribution is 0.0376. The van der Waals surface area contributed by atoms with Crippen LogP contribution in [-0.4, -0.2) is 51.8 Å². The van der Waals surface area contributed by atoms with Crippen LogP contribution in [0.5, 0.6) is 0 Å². The van der Waals surface area contributed by atoms with Crippen LogP contribution in [0.15, 0.2) is 54.9 Å². The van der Waals surface area contributed by atoms with Crippen LogP contribution in [-0.2, 0) is 0 Å². The zero-order valence-electron chi connectivity index (χ0n) is 22.3. The van der Waals surface area contributed by atoms with E-state index in [2.05, 4.69) is 53.0 Å². The van der Waals surface area contributed by atoms with Crippen LogP contribution in [0.2, 0.25) is 10.0 Å². The Labute approximate surface area is 236 Å². The lowest BCUT2D eigenvalue weighted by Crippen LogP contribution is -2.51. The van der Waals surface area contributed by atoms with E-state index in [1.807, 2.05) is 6.20 Å². The molecule has 3 saturated heterocycles. The van der Waals surface area contributed by atoms with Crippen LogP contribution < -0.4 is 0 Å². The summed E-state index contributed by atoms with van der Waals surface area (Å²) in [7, 11) is 0. The molecule has 0 spiro atoms. The number of piperidine rings is 2. The fraction of sp³-hybridized carbons (Fsp3) is 0.469. The first-order valence-corrected chi connectivity index (χ1v) is 14.9. The summed E-state index contributed by atoms with van der Waals surface area (Å²) in [4.78, 5) is 21.3. The number of hydrogen-bond donors (Lipinski definition) is 1. The van der Waals surface area contributed by atoms with Crippen LogP contribution in [0.3, 0.4) is 0 Å². The lowest BCUT2D eigenvalue weighted by Gasteiger charge is -2.46. The number of likely N-dealkylation sites (tertiary alicyclic amines) is 1. The minimum Gasteiger partial charge on any atom is -0.377 e. The molecule has 3 aliphatic heterocycles. The lowest BCUT2D eigenvalue weighted by atomic mass is 9.81. The van der Waals surface area contributed by atoms with Crippen molar-refractivity contribution in [1.82, 2.24) is 14.8 Å². The average molecular weight is 551 g/mol. The third-order valence-electron chi connectivity index (χ3n) is 9.55. The SMILES string of the molecule is Cc1cccc2c(C3CC4CCC(C3)N4C(C)C3CCN(/C=C/C(=O)c4ccc(Cl)c(Cl)c4)CC3)c[nH]c12. The number of fused-ring (bicyclic) bond motifs is 3. The molecule has 2 aromatic carbocycles. The second kappa shape index (κ2) is 10.7. The molecule has 38 heavy (non-hydrogen) atoms. The van der Waals surface area contributed by atoms with Gasteiger partial charge in [0.15, 0.2) is 5.78 Å². The maximum Gasteiger partial charge on any atom is 0.187 e. The van der Waals surface area contributed by atoms with Crippen LogP contribution in [0.25, 0.3) is 10.9 Å². The summed E-state index contributed by atoms with van der Waals surface area (Å²) in [5, 5.41) is 2.30. The average Bonchev–Trinajstić information content (AvgIpc) is 3.48. The van der Waals surface area contributed by atoms with Gasteiger partial charge in [0.2, 0.25) is 0 Å². The van der Waals surface area contributed by atoms with Crippen molar-refractivity contribution in [3.05, 3.63) is 81.6 Å². The van der Waals surface area contributed by atoms with Crippen molar-refractivity contribution in [3.8, 4) is 0 Å². The van der Waals surface area contributed by atoms with Crippen LogP contribution in [0, 0.1) is 12.8 Å². The largest absolute Gasteiger partial charge is 0.377 e. The first-order chi connectivity index (χ1) is 18.4. The summed E-state index contributed by atoms with van der Waals surface area (Å²) < 4.78 is 0. The van der Waals surface area contributed by atoms with Gasteiger partial charge in [-0.2, -0.15) is 0 Å². The standard InChI is InChI=1S/C32H37Cl2N3O/c1-20-4-3-5-27-28(19-35-32(20)27)24-16-25-7-8-26(17-24)37(25)21(2)22-10-13-36(14-11-22)15-12-31(38)23-6-9-29(33)30(34)18-23/h3-6,9,12,15,18-19,21-22,24-26,35H,7-8,10-11,13-14,16-17H2,1-2H3/b15-12+. The van der Waals surface area contributed by atoms with E-state index < -0.39 is 0 Å². The Balaban J connectivity index is 1.05. The molecule has 2 bridgehead atoms. The van der Waals surface area contributed by atoms with Gasteiger partial charge in [0.1, 0.15) is 0 Å². The van der Waals surface area contributed by atoms with E-state index in [-0.39, 0.29) is 5.78 Å². The molecule has 3 fully saturated rings. The molecular weight excluding hydrogens is 513 g/mol.